The van der Waals surface area contributed by atoms with E-state index in [0.29, 0.717) is 68.1 Å². The van der Waals surface area contributed by atoms with E-state index in [0.717, 1.165) is 24.5 Å². The monoisotopic (exact) mass is 524 g/mol. The fourth-order valence-electron chi connectivity index (χ4n) is 4.49. The molecular weight excluding hydrogens is 498 g/mol. The molecule has 1 aromatic carbocycles. The van der Waals surface area contributed by atoms with Gasteiger partial charge in [0.05, 0.1) is 22.4 Å². The Balaban J connectivity index is 1.33. The first-order valence-corrected chi connectivity index (χ1v) is 12.2. The van der Waals surface area contributed by atoms with Gasteiger partial charge >= 0.3 is 6.09 Å². The van der Waals surface area contributed by atoms with Crippen LogP contribution in [0.2, 0.25) is 10.0 Å². The van der Waals surface area contributed by atoms with Crippen molar-refractivity contribution in [1.82, 2.24) is 24.7 Å². The number of hydrogen-bond acceptors (Lipinski definition) is 6. The number of halogens is 3. The highest BCUT2D eigenvalue weighted by Crippen LogP contribution is 2.28. The van der Waals surface area contributed by atoms with Gasteiger partial charge in [-0.05, 0) is 31.2 Å². The van der Waals surface area contributed by atoms with E-state index >= 15 is 0 Å². The Hall–Kier alpha value is -2.69. The van der Waals surface area contributed by atoms with Crippen LogP contribution >= 0.6 is 23.2 Å². The summed E-state index contributed by atoms with van der Waals surface area (Å²) in [6.07, 6.45) is 2.50. The number of carbonyl (C=O) groups is 2. The molecule has 0 aliphatic carbocycles. The lowest BCUT2D eigenvalue weighted by atomic mass is 10.1. The van der Waals surface area contributed by atoms with Crippen LogP contribution in [0.1, 0.15) is 12.2 Å². The zero-order chi connectivity index (χ0) is 24.9. The Morgan fingerprint density at radius 2 is 1.74 bits per heavy atom. The van der Waals surface area contributed by atoms with E-state index in [1.807, 2.05) is 12.1 Å². The van der Waals surface area contributed by atoms with Crippen LogP contribution < -0.4 is 4.90 Å². The van der Waals surface area contributed by atoms with Crippen molar-refractivity contribution < 1.29 is 19.1 Å². The van der Waals surface area contributed by atoms with Crippen LogP contribution in [0, 0.1) is 5.82 Å². The normalized spacial score (nSPS) is 19.2. The van der Waals surface area contributed by atoms with Gasteiger partial charge in [0.2, 0.25) is 5.91 Å². The first-order valence-electron chi connectivity index (χ1n) is 11.5. The zero-order valence-electron chi connectivity index (χ0n) is 19.1. The van der Waals surface area contributed by atoms with Crippen molar-refractivity contribution in [2.45, 2.75) is 18.9 Å². The molecule has 0 radical (unpaired) electrons. The number of piperazine rings is 2. The van der Waals surface area contributed by atoms with Crippen LogP contribution in [-0.4, -0.2) is 100 Å². The molecule has 2 fully saturated rings. The molecule has 1 N–H and O–H groups in total. The Labute approximate surface area is 213 Å². The molecule has 4 rings (SSSR count). The van der Waals surface area contributed by atoms with Gasteiger partial charge in [0.15, 0.2) is 5.82 Å². The van der Waals surface area contributed by atoms with E-state index < -0.39 is 18.0 Å². The number of benzene rings is 1. The van der Waals surface area contributed by atoms with Gasteiger partial charge in [0.25, 0.3) is 0 Å². The van der Waals surface area contributed by atoms with Crippen molar-refractivity contribution in [2.24, 2.45) is 0 Å². The summed E-state index contributed by atoms with van der Waals surface area (Å²) in [4.78, 5) is 40.3. The molecule has 3 heterocycles. The molecule has 2 aromatic rings. The molecular formula is C23H27Cl2FN6O3. The molecule has 2 aliphatic rings. The average Bonchev–Trinajstić information content (AvgIpc) is 2.86. The summed E-state index contributed by atoms with van der Waals surface area (Å²) in [5, 5.41) is 10.7. The second-order valence-electron chi connectivity index (χ2n) is 8.62. The van der Waals surface area contributed by atoms with Crippen molar-refractivity contribution in [3.05, 3.63) is 52.3 Å². The highest BCUT2D eigenvalue weighted by Gasteiger charge is 2.38. The fourth-order valence-corrected chi connectivity index (χ4v) is 4.78. The maximum atomic E-state index is 13.4. The van der Waals surface area contributed by atoms with Gasteiger partial charge in [-0.15, -0.1) is 0 Å². The third kappa shape index (κ3) is 6.31. The summed E-state index contributed by atoms with van der Waals surface area (Å²) < 4.78 is 13.0. The molecule has 1 aromatic heterocycles. The average molecular weight is 525 g/mol. The fraction of sp³-hybridized carbons (Fsp3) is 0.478. The summed E-state index contributed by atoms with van der Waals surface area (Å²) in [7, 11) is 0. The van der Waals surface area contributed by atoms with E-state index in [1.165, 1.54) is 4.90 Å². The minimum Gasteiger partial charge on any atom is -0.465 e. The minimum atomic E-state index is -1.09. The molecule has 0 spiro atoms. The third-order valence-electron chi connectivity index (χ3n) is 6.40. The van der Waals surface area contributed by atoms with Gasteiger partial charge in [-0.1, -0.05) is 23.2 Å². The van der Waals surface area contributed by atoms with E-state index in [4.69, 9.17) is 23.2 Å². The van der Waals surface area contributed by atoms with Gasteiger partial charge in [0.1, 0.15) is 11.9 Å². The predicted molar refractivity (Wildman–Crippen MR) is 131 cm³/mol. The number of amides is 2. The van der Waals surface area contributed by atoms with Crippen LogP contribution in [0.4, 0.5) is 14.9 Å². The van der Waals surface area contributed by atoms with Crippen LogP contribution in [0.3, 0.4) is 0 Å². The second-order valence-corrected chi connectivity index (χ2v) is 9.44. The number of rotatable bonds is 6. The third-order valence-corrected chi connectivity index (χ3v) is 7.14. The highest BCUT2D eigenvalue weighted by molar-refractivity contribution is 6.42. The van der Waals surface area contributed by atoms with Crippen molar-refractivity contribution in [2.75, 3.05) is 57.3 Å². The van der Waals surface area contributed by atoms with Gasteiger partial charge in [0, 0.05) is 57.9 Å². The van der Waals surface area contributed by atoms with Gasteiger partial charge in [-0.3, -0.25) is 14.6 Å². The second kappa shape index (κ2) is 11.4. The van der Waals surface area contributed by atoms with Gasteiger partial charge in [-0.2, -0.15) is 0 Å². The molecule has 35 heavy (non-hydrogen) atoms. The molecule has 9 nitrogen and oxygen atoms in total. The summed E-state index contributed by atoms with van der Waals surface area (Å²) in [6, 6.07) is 4.71. The molecule has 0 saturated carbocycles. The first-order chi connectivity index (χ1) is 16.8. The number of hydrogen-bond donors (Lipinski definition) is 1. The Bertz CT molecular complexity index is 1050. The quantitative estimate of drug-likeness (QED) is 0.620. The zero-order valence-corrected chi connectivity index (χ0v) is 20.6. The van der Waals surface area contributed by atoms with Crippen molar-refractivity contribution in [1.29, 1.82) is 0 Å². The highest BCUT2D eigenvalue weighted by atomic mass is 35.5. The Morgan fingerprint density at radius 1 is 1.03 bits per heavy atom. The number of anilines is 1. The smallest absolute Gasteiger partial charge is 0.408 e. The van der Waals surface area contributed by atoms with Crippen LogP contribution in [0.25, 0.3) is 0 Å². The van der Waals surface area contributed by atoms with Crippen LogP contribution in [-0.2, 0) is 11.2 Å². The predicted octanol–water partition coefficient (Wildman–Crippen LogP) is 2.87. The molecule has 188 valence electrons. The summed E-state index contributed by atoms with van der Waals surface area (Å²) in [6.45, 7) is 4.03. The molecule has 2 saturated heterocycles. The van der Waals surface area contributed by atoms with Gasteiger partial charge < -0.3 is 14.9 Å². The number of aryl methyl sites for hydroxylation is 1. The van der Waals surface area contributed by atoms with Crippen molar-refractivity contribution in [3.63, 3.8) is 0 Å². The molecule has 0 bridgehead atoms. The topological polar surface area (TPSA) is 93.1 Å². The van der Waals surface area contributed by atoms with E-state index in [9.17, 15) is 19.1 Å². The molecule has 1 atom stereocenters. The summed E-state index contributed by atoms with van der Waals surface area (Å²) in [5.41, 5.74) is 0.938. The maximum absolute atomic E-state index is 13.4. The molecule has 12 heteroatoms. The largest absolute Gasteiger partial charge is 0.465 e. The molecule has 2 amide bonds. The van der Waals surface area contributed by atoms with E-state index in [2.05, 4.69) is 19.8 Å². The maximum Gasteiger partial charge on any atom is 0.408 e. The van der Waals surface area contributed by atoms with Crippen LogP contribution in [0.15, 0.2) is 30.6 Å². The van der Waals surface area contributed by atoms with Crippen LogP contribution in [0.5, 0.6) is 0 Å². The first kappa shape index (κ1) is 25.4. The Morgan fingerprint density at radius 3 is 2.40 bits per heavy atom. The Kier molecular flexibility index (Phi) is 8.25. The molecule has 2 aliphatic heterocycles. The van der Waals surface area contributed by atoms with Crippen molar-refractivity contribution in [3.8, 4) is 0 Å². The molecule has 0 unspecified atom stereocenters. The summed E-state index contributed by atoms with van der Waals surface area (Å²) in [5.74, 6) is -0.0894. The lowest BCUT2D eigenvalue weighted by Gasteiger charge is -2.43. The number of carboxylic acid groups (broad SMARTS) is 1. The lowest BCUT2D eigenvalue weighted by Crippen LogP contribution is -2.62. The number of carbonyl (C=O) groups excluding carboxylic acids is 1. The standard InChI is InChI=1S/C23H27Cl2FN6O3/c24-18-4-3-17(12-19(18)25)30-7-9-31(10-8-30)22(33)20-15-29(6-11-32(20)23(34)35)5-1-2-21-27-13-16(26)14-28-21/h3-4,12-14,20H,1-2,5-11,15H2,(H,34,35)/t20-/m1/s1. The van der Waals surface area contributed by atoms with Crippen molar-refractivity contribution >= 4 is 40.9 Å². The number of nitrogens with zero attached hydrogens (tertiary/aromatic N) is 6. The number of aromatic nitrogens is 2. The lowest BCUT2D eigenvalue weighted by molar-refractivity contribution is -0.138. The minimum absolute atomic E-state index is 0.173. The SMILES string of the molecule is O=C([C@H]1CN(CCCc2ncc(F)cn2)CCN1C(=O)O)N1CCN(c2ccc(Cl)c(Cl)c2)CC1. The summed E-state index contributed by atoms with van der Waals surface area (Å²) >= 11 is 12.1. The van der Waals surface area contributed by atoms with E-state index in [1.54, 1.807) is 11.0 Å². The van der Waals surface area contributed by atoms with Gasteiger partial charge in [-0.25, -0.2) is 19.2 Å². The van der Waals surface area contributed by atoms with E-state index in [-0.39, 0.29) is 12.5 Å².